The number of thiazole rings is 1. The summed E-state index contributed by atoms with van der Waals surface area (Å²) in [5.74, 6) is 0.335. The number of nitrogens with zero attached hydrogens (tertiary/aromatic N) is 4. The maximum Gasteiger partial charge on any atom is 0.276 e. The van der Waals surface area contributed by atoms with E-state index in [1.807, 2.05) is 42.8 Å². The summed E-state index contributed by atoms with van der Waals surface area (Å²) >= 11 is 1.57. The lowest BCUT2D eigenvalue weighted by atomic mass is 10.1. The third-order valence-electron chi connectivity index (χ3n) is 4.83. The standard InChI is InChI=1S/C23H18N6OS/c1-14-3-2-4-22(26-14)29-20(15-5-10-18-21(11-15)31-13-25-18)12-19(28-29)23(30)27-17-8-6-16(24)7-9-17/h2-13H,24H2,1H3,(H,27,30). The van der Waals surface area contributed by atoms with Crippen LogP contribution in [0.3, 0.4) is 0 Å². The van der Waals surface area contributed by atoms with Crippen molar-refractivity contribution in [2.24, 2.45) is 0 Å². The topological polar surface area (TPSA) is 98.7 Å². The van der Waals surface area contributed by atoms with E-state index in [2.05, 4.69) is 26.4 Å². The fourth-order valence-electron chi connectivity index (χ4n) is 3.29. The predicted octanol–water partition coefficient (Wildman–Crippen LogP) is 4.69. The van der Waals surface area contributed by atoms with Crippen LogP contribution < -0.4 is 11.1 Å². The fraction of sp³-hybridized carbons (Fsp3) is 0.0435. The third kappa shape index (κ3) is 3.76. The van der Waals surface area contributed by atoms with E-state index in [0.717, 1.165) is 27.2 Å². The van der Waals surface area contributed by atoms with Crippen LogP contribution in [-0.2, 0) is 0 Å². The second-order valence-corrected chi connectivity index (χ2v) is 7.96. The number of nitrogens with one attached hydrogen (secondary N) is 1. The number of carbonyl (C=O) groups excluding carboxylic acids is 1. The van der Waals surface area contributed by atoms with E-state index in [9.17, 15) is 4.79 Å². The number of aromatic nitrogens is 4. The molecule has 3 N–H and O–H groups in total. The molecule has 0 saturated heterocycles. The van der Waals surface area contributed by atoms with Gasteiger partial charge in [-0.05, 0) is 61.5 Å². The molecule has 5 rings (SSSR count). The van der Waals surface area contributed by atoms with E-state index in [0.29, 0.717) is 22.9 Å². The monoisotopic (exact) mass is 426 g/mol. The van der Waals surface area contributed by atoms with Gasteiger partial charge in [-0.1, -0.05) is 12.1 Å². The Kier molecular flexibility index (Phi) is 4.68. The van der Waals surface area contributed by atoms with Crippen LogP contribution in [0.5, 0.6) is 0 Å². The number of hydrogen-bond acceptors (Lipinski definition) is 6. The summed E-state index contributed by atoms with van der Waals surface area (Å²) in [4.78, 5) is 21.9. The Labute approximate surface area is 182 Å². The number of amides is 1. The molecule has 0 aliphatic rings. The van der Waals surface area contributed by atoms with Gasteiger partial charge >= 0.3 is 0 Å². The van der Waals surface area contributed by atoms with E-state index >= 15 is 0 Å². The Hall–Kier alpha value is -4.04. The smallest absolute Gasteiger partial charge is 0.276 e. The van der Waals surface area contributed by atoms with Crippen LogP contribution in [-0.4, -0.2) is 25.7 Å². The van der Waals surface area contributed by atoms with Gasteiger partial charge in [0.05, 0.1) is 21.4 Å². The zero-order valence-corrected chi connectivity index (χ0v) is 17.4. The molecule has 5 aromatic rings. The van der Waals surface area contributed by atoms with Crippen LogP contribution >= 0.6 is 11.3 Å². The Morgan fingerprint density at radius 3 is 2.71 bits per heavy atom. The number of hydrogen-bond donors (Lipinski definition) is 2. The minimum absolute atomic E-state index is 0.291. The minimum Gasteiger partial charge on any atom is -0.399 e. The van der Waals surface area contributed by atoms with Gasteiger partial charge in [-0.2, -0.15) is 5.10 Å². The number of benzene rings is 2. The van der Waals surface area contributed by atoms with Crippen molar-refractivity contribution in [3.05, 3.63) is 83.6 Å². The molecule has 8 heteroatoms. The Morgan fingerprint density at radius 2 is 1.90 bits per heavy atom. The van der Waals surface area contributed by atoms with Crippen LogP contribution in [0.2, 0.25) is 0 Å². The van der Waals surface area contributed by atoms with E-state index in [1.54, 1.807) is 46.4 Å². The molecule has 0 aliphatic heterocycles. The fourth-order valence-corrected chi connectivity index (χ4v) is 4.01. The molecule has 3 heterocycles. The summed E-state index contributed by atoms with van der Waals surface area (Å²) in [6.07, 6.45) is 0. The van der Waals surface area contributed by atoms with Crippen molar-refractivity contribution >= 4 is 38.8 Å². The number of rotatable bonds is 4. The van der Waals surface area contributed by atoms with Crippen molar-refractivity contribution in [3.63, 3.8) is 0 Å². The number of fused-ring (bicyclic) bond motifs is 1. The van der Waals surface area contributed by atoms with Gasteiger partial charge < -0.3 is 11.1 Å². The van der Waals surface area contributed by atoms with Gasteiger partial charge in [-0.3, -0.25) is 4.79 Å². The average molecular weight is 427 g/mol. The maximum atomic E-state index is 12.9. The molecule has 2 aromatic carbocycles. The SMILES string of the molecule is Cc1cccc(-n2nc(C(=O)Nc3ccc(N)cc3)cc2-c2ccc3ncsc3c2)n1. The first kappa shape index (κ1) is 19.0. The van der Waals surface area contributed by atoms with Crippen LogP contribution in [0.4, 0.5) is 11.4 Å². The lowest BCUT2D eigenvalue weighted by Crippen LogP contribution is -2.13. The summed E-state index contributed by atoms with van der Waals surface area (Å²) in [7, 11) is 0. The van der Waals surface area contributed by atoms with E-state index in [1.165, 1.54) is 0 Å². The van der Waals surface area contributed by atoms with Gasteiger partial charge in [0, 0.05) is 22.6 Å². The average Bonchev–Trinajstić information content (AvgIpc) is 3.42. The first-order valence-corrected chi connectivity index (χ1v) is 10.5. The number of nitrogens with two attached hydrogens (primary N) is 1. The van der Waals surface area contributed by atoms with Crippen molar-refractivity contribution in [1.29, 1.82) is 0 Å². The highest BCUT2D eigenvalue weighted by molar-refractivity contribution is 7.16. The van der Waals surface area contributed by atoms with E-state index in [4.69, 9.17) is 5.73 Å². The highest BCUT2D eigenvalue weighted by atomic mass is 32.1. The van der Waals surface area contributed by atoms with Crippen molar-refractivity contribution in [3.8, 4) is 17.1 Å². The second-order valence-electron chi connectivity index (χ2n) is 7.07. The molecule has 0 radical (unpaired) electrons. The number of nitrogen functional groups attached to an aromatic ring is 1. The largest absolute Gasteiger partial charge is 0.399 e. The summed E-state index contributed by atoms with van der Waals surface area (Å²) < 4.78 is 2.77. The molecule has 0 spiro atoms. The molecule has 0 unspecified atom stereocenters. The van der Waals surface area contributed by atoms with Crippen molar-refractivity contribution in [2.75, 3.05) is 11.1 Å². The van der Waals surface area contributed by atoms with Crippen molar-refractivity contribution in [1.82, 2.24) is 19.7 Å². The molecule has 0 atom stereocenters. The molecule has 0 bridgehead atoms. The van der Waals surface area contributed by atoms with Crippen molar-refractivity contribution < 1.29 is 4.79 Å². The Morgan fingerprint density at radius 1 is 1.06 bits per heavy atom. The molecule has 31 heavy (non-hydrogen) atoms. The molecular weight excluding hydrogens is 408 g/mol. The van der Waals surface area contributed by atoms with Gasteiger partial charge in [0.25, 0.3) is 5.91 Å². The summed E-state index contributed by atoms with van der Waals surface area (Å²) in [6.45, 7) is 1.92. The lowest BCUT2D eigenvalue weighted by molar-refractivity contribution is 0.102. The summed E-state index contributed by atoms with van der Waals surface area (Å²) in [6, 6.07) is 20.5. The zero-order valence-electron chi connectivity index (χ0n) is 16.6. The third-order valence-corrected chi connectivity index (χ3v) is 5.62. The van der Waals surface area contributed by atoms with Crippen LogP contribution in [0, 0.1) is 6.92 Å². The molecule has 0 aliphatic carbocycles. The lowest BCUT2D eigenvalue weighted by Gasteiger charge is -2.07. The molecular formula is C23H18N6OS. The Bertz CT molecular complexity index is 1400. The van der Waals surface area contributed by atoms with E-state index < -0.39 is 0 Å². The second kappa shape index (κ2) is 7.66. The number of pyridine rings is 1. The number of anilines is 2. The first-order valence-electron chi connectivity index (χ1n) is 9.61. The van der Waals surface area contributed by atoms with Gasteiger partial charge in [0.1, 0.15) is 0 Å². The molecule has 1 amide bonds. The Balaban J connectivity index is 1.59. The van der Waals surface area contributed by atoms with E-state index in [-0.39, 0.29) is 5.91 Å². The molecule has 152 valence electrons. The molecule has 0 saturated carbocycles. The van der Waals surface area contributed by atoms with Gasteiger partial charge in [0.15, 0.2) is 11.5 Å². The van der Waals surface area contributed by atoms with Crippen molar-refractivity contribution in [2.45, 2.75) is 6.92 Å². The first-order chi connectivity index (χ1) is 15.1. The molecule has 7 nitrogen and oxygen atoms in total. The zero-order chi connectivity index (χ0) is 21.4. The predicted molar refractivity (Wildman–Crippen MR) is 124 cm³/mol. The van der Waals surface area contributed by atoms with Crippen LogP contribution in [0.25, 0.3) is 27.3 Å². The summed E-state index contributed by atoms with van der Waals surface area (Å²) in [5, 5.41) is 7.45. The van der Waals surface area contributed by atoms with Gasteiger partial charge in [-0.25, -0.2) is 14.6 Å². The minimum atomic E-state index is -0.309. The van der Waals surface area contributed by atoms with Gasteiger partial charge in [0.2, 0.25) is 0 Å². The maximum absolute atomic E-state index is 12.9. The quantitative estimate of drug-likeness (QED) is 0.406. The number of aryl methyl sites for hydroxylation is 1. The van der Waals surface area contributed by atoms with Gasteiger partial charge in [-0.15, -0.1) is 11.3 Å². The molecule has 0 fully saturated rings. The van der Waals surface area contributed by atoms with Crippen LogP contribution in [0.1, 0.15) is 16.2 Å². The molecule has 3 aromatic heterocycles. The summed E-state index contributed by atoms with van der Waals surface area (Å²) in [5.41, 5.74) is 12.6. The highest BCUT2D eigenvalue weighted by Crippen LogP contribution is 2.28. The highest BCUT2D eigenvalue weighted by Gasteiger charge is 2.18. The normalized spacial score (nSPS) is 11.0. The van der Waals surface area contributed by atoms with Crippen LogP contribution in [0.15, 0.2) is 72.2 Å². The number of carbonyl (C=O) groups is 1.